The summed E-state index contributed by atoms with van der Waals surface area (Å²) in [5.74, 6) is 1.38. The fraction of sp³-hybridized carbons (Fsp3) is 0.308. The van der Waals surface area contributed by atoms with Crippen molar-refractivity contribution in [3.05, 3.63) is 42.3 Å². The van der Waals surface area contributed by atoms with Gasteiger partial charge in [0.2, 0.25) is 5.89 Å². The van der Waals surface area contributed by atoms with Gasteiger partial charge in [-0.25, -0.2) is 4.98 Å². The van der Waals surface area contributed by atoms with E-state index in [0.717, 1.165) is 12.0 Å². The molecule has 0 fully saturated rings. The van der Waals surface area contributed by atoms with Crippen LogP contribution >= 0.6 is 0 Å². The summed E-state index contributed by atoms with van der Waals surface area (Å²) < 4.78 is 5.23. The van der Waals surface area contributed by atoms with Crippen molar-refractivity contribution in [2.75, 3.05) is 0 Å². The van der Waals surface area contributed by atoms with Crippen molar-refractivity contribution in [2.45, 2.75) is 20.3 Å². The minimum absolute atomic E-state index is 0.686. The van der Waals surface area contributed by atoms with E-state index in [0.29, 0.717) is 11.8 Å². The van der Waals surface area contributed by atoms with Crippen molar-refractivity contribution in [3.63, 3.8) is 0 Å². The van der Waals surface area contributed by atoms with E-state index >= 15 is 0 Å². The maximum absolute atomic E-state index is 5.23. The van der Waals surface area contributed by atoms with Gasteiger partial charge in [0.15, 0.2) is 0 Å². The number of benzene rings is 1. The molecule has 1 heterocycles. The van der Waals surface area contributed by atoms with Gasteiger partial charge in [-0.05, 0) is 30.0 Å². The summed E-state index contributed by atoms with van der Waals surface area (Å²) in [5.41, 5.74) is 2.40. The second-order valence-electron chi connectivity index (χ2n) is 4.13. The van der Waals surface area contributed by atoms with Gasteiger partial charge in [-0.3, -0.25) is 0 Å². The highest BCUT2D eigenvalue weighted by atomic mass is 16.3. The van der Waals surface area contributed by atoms with Crippen LogP contribution in [0.5, 0.6) is 0 Å². The zero-order valence-corrected chi connectivity index (χ0v) is 9.10. The predicted octanol–water partition coefficient (Wildman–Crippen LogP) is 3.54. The molecule has 0 aliphatic rings. The van der Waals surface area contributed by atoms with Gasteiger partial charge >= 0.3 is 0 Å². The predicted molar refractivity (Wildman–Crippen MR) is 60.5 cm³/mol. The lowest BCUT2D eigenvalue weighted by Crippen LogP contribution is -1.93. The van der Waals surface area contributed by atoms with Crippen LogP contribution < -0.4 is 0 Å². The summed E-state index contributed by atoms with van der Waals surface area (Å²) in [4.78, 5) is 4.11. The average molecular weight is 201 g/mol. The zero-order valence-electron chi connectivity index (χ0n) is 9.10. The summed E-state index contributed by atoms with van der Waals surface area (Å²) >= 11 is 0. The topological polar surface area (TPSA) is 26.0 Å². The fourth-order valence-corrected chi connectivity index (χ4v) is 1.62. The Bertz CT molecular complexity index is 401. The van der Waals surface area contributed by atoms with Crippen molar-refractivity contribution in [2.24, 2.45) is 5.92 Å². The first kappa shape index (κ1) is 9.97. The Morgan fingerprint density at radius 1 is 1.20 bits per heavy atom. The van der Waals surface area contributed by atoms with E-state index < -0.39 is 0 Å². The molecular weight excluding hydrogens is 186 g/mol. The SMILES string of the molecule is CC(C)Cc1ccc(-c2ncco2)cc1. The van der Waals surface area contributed by atoms with Crippen LogP contribution in [0, 0.1) is 5.92 Å². The van der Waals surface area contributed by atoms with Crippen molar-refractivity contribution in [1.29, 1.82) is 0 Å². The lowest BCUT2D eigenvalue weighted by atomic mass is 10.0. The molecule has 0 aliphatic carbocycles. The molecule has 15 heavy (non-hydrogen) atoms. The smallest absolute Gasteiger partial charge is 0.225 e. The first-order chi connectivity index (χ1) is 7.25. The number of aromatic nitrogens is 1. The molecule has 2 rings (SSSR count). The van der Waals surface area contributed by atoms with E-state index in [1.807, 2.05) is 0 Å². The van der Waals surface area contributed by atoms with Gasteiger partial charge in [0.1, 0.15) is 6.26 Å². The van der Waals surface area contributed by atoms with Gasteiger partial charge in [-0.15, -0.1) is 0 Å². The first-order valence-electron chi connectivity index (χ1n) is 5.24. The molecule has 0 saturated heterocycles. The highest BCUT2D eigenvalue weighted by molar-refractivity contribution is 5.53. The fourth-order valence-electron chi connectivity index (χ4n) is 1.62. The van der Waals surface area contributed by atoms with Gasteiger partial charge in [-0.1, -0.05) is 26.0 Å². The molecule has 1 aromatic heterocycles. The van der Waals surface area contributed by atoms with Crippen molar-refractivity contribution in [1.82, 2.24) is 4.98 Å². The molecule has 0 aliphatic heterocycles. The van der Waals surface area contributed by atoms with Crippen molar-refractivity contribution in [3.8, 4) is 11.5 Å². The number of rotatable bonds is 3. The van der Waals surface area contributed by atoms with Gasteiger partial charge in [0.05, 0.1) is 6.20 Å². The Labute approximate surface area is 90.0 Å². The zero-order chi connectivity index (χ0) is 10.7. The summed E-state index contributed by atoms with van der Waals surface area (Å²) in [6.07, 6.45) is 4.38. The van der Waals surface area contributed by atoms with Gasteiger partial charge in [-0.2, -0.15) is 0 Å². The summed E-state index contributed by atoms with van der Waals surface area (Å²) in [7, 11) is 0. The standard InChI is InChI=1S/C13H15NO/c1-10(2)9-11-3-5-12(6-4-11)13-14-7-8-15-13/h3-8,10H,9H2,1-2H3. The summed E-state index contributed by atoms with van der Waals surface area (Å²) in [5, 5.41) is 0. The van der Waals surface area contributed by atoms with Crippen LogP contribution in [-0.4, -0.2) is 4.98 Å². The van der Waals surface area contributed by atoms with Crippen LogP contribution in [-0.2, 0) is 6.42 Å². The molecule has 2 aromatic rings. The maximum Gasteiger partial charge on any atom is 0.225 e. The van der Waals surface area contributed by atoms with Crippen LogP contribution in [0.25, 0.3) is 11.5 Å². The normalized spacial score (nSPS) is 10.9. The number of hydrogen-bond acceptors (Lipinski definition) is 2. The molecule has 0 spiro atoms. The van der Waals surface area contributed by atoms with E-state index in [2.05, 4.69) is 43.1 Å². The lowest BCUT2D eigenvalue weighted by Gasteiger charge is -2.04. The molecule has 1 aromatic carbocycles. The molecule has 0 unspecified atom stereocenters. The third-order valence-corrected chi connectivity index (χ3v) is 2.28. The molecule has 0 amide bonds. The second kappa shape index (κ2) is 4.30. The Morgan fingerprint density at radius 3 is 2.47 bits per heavy atom. The third-order valence-electron chi connectivity index (χ3n) is 2.28. The van der Waals surface area contributed by atoms with E-state index in [1.165, 1.54) is 5.56 Å². The van der Waals surface area contributed by atoms with Crippen LogP contribution in [0.3, 0.4) is 0 Å². The number of hydrogen-bond donors (Lipinski definition) is 0. The van der Waals surface area contributed by atoms with Crippen LogP contribution in [0.1, 0.15) is 19.4 Å². The molecule has 0 saturated carbocycles. The molecule has 0 atom stereocenters. The highest BCUT2D eigenvalue weighted by Gasteiger charge is 2.02. The monoisotopic (exact) mass is 201 g/mol. The minimum atomic E-state index is 0.686. The van der Waals surface area contributed by atoms with Gasteiger partial charge in [0.25, 0.3) is 0 Å². The largest absolute Gasteiger partial charge is 0.445 e. The van der Waals surface area contributed by atoms with Crippen molar-refractivity contribution < 1.29 is 4.42 Å². The summed E-state index contributed by atoms with van der Waals surface area (Å²) in [6.45, 7) is 4.45. The molecular formula is C13H15NO. The minimum Gasteiger partial charge on any atom is -0.445 e. The van der Waals surface area contributed by atoms with E-state index in [9.17, 15) is 0 Å². The molecule has 2 nitrogen and oxygen atoms in total. The van der Waals surface area contributed by atoms with Gasteiger partial charge < -0.3 is 4.42 Å². The van der Waals surface area contributed by atoms with Crippen LogP contribution in [0.2, 0.25) is 0 Å². The third kappa shape index (κ3) is 2.46. The Hall–Kier alpha value is -1.57. The van der Waals surface area contributed by atoms with Crippen molar-refractivity contribution >= 4 is 0 Å². The quantitative estimate of drug-likeness (QED) is 0.759. The second-order valence-corrected chi connectivity index (χ2v) is 4.13. The first-order valence-corrected chi connectivity index (χ1v) is 5.24. The lowest BCUT2D eigenvalue weighted by molar-refractivity contribution is 0.574. The Balaban J connectivity index is 2.17. The molecule has 2 heteroatoms. The van der Waals surface area contributed by atoms with E-state index in [-0.39, 0.29) is 0 Å². The molecule has 0 N–H and O–H groups in total. The Kier molecular flexibility index (Phi) is 2.86. The highest BCUT2D eigenvalue weighted by Crippen LogP contribution is 2.18. The maximum atomic E-state index is 5.23. The number of oxazole rings is 1. The molecule has 0 radical (unpaired) electrons. The van der Waals surface area contributed by atoms with E-state index in [1.54, 1.807) is 12.5 Å². The van der Waals surface area contributed by atoms with Crippen LogP contribution in [0.4, 0.5) is 0 Å². The van der Waals surface area contributed by atoms with E-state index in [4.69, 9.17) is 4.42 Å². The molecule has 78 valence electrons. The Morgan fingerprint density at radius 2 is 1.93 bits per heavy atom. The molecule has 0 bridgehead atoms. The average Bonchev–Trinajstić information content (AvgIpc) is 2.71. The van der Waals surface area contributed by atoms with Crippen LogP contribution in [0.15, 0.2) is 41.1 Å². The number of nitrogens with zero attached hydrogens (tertiary/aromatic N) is 1. The van der Waals surface area contributed by atoms with Gasteiger partial charge in [0, 0.05) is 5.56 Å². The summed E-state index contributed by atoms with van der Waals surface area (Å²) in [6, 6.07) is 8.40.